The van der Waals surface area contributed by atoms with E-state index >= 15 is 0 Å². The van der Waals surface area contributed by atoms with Gasteiger partial charge in [-0.05, 0) is 57.3 Å². The molecule has 1 aliphatic rings. The molecule has 0 unspecified atom stereocenters. The fourth-order valence-corrected chi connectivity index (χ4v) is 2.78. The zero-order valence-electron chi connectivity index (χ0n) is 11.6. The Balaban J connectivity index is 1.58. The van der Waals surface area contributed by atoms with Crippen LogP contribution >= 0.6 is 0 Å². The third kappa shape index (κ3) is 4.67. The summed E-state index contributed by atoms with van der Waals surface area (Å²) in [5.74, 6) is 0.712. The number of rotatable bonds is 6. The molecule has 104 valence electrons. The van der Waals surface area contributed by atoms with Crippen LogP contribution in [0.4, 0.5) is 0 Å². The van der Waals surface area contributed by atoms with Gasteiger partial charge >= 0.3 is 0 Å². The summed E-state index contributed by atoms with van der Waals surface area (Å²) in [6, 6.07) is 10.7. The van der Waals surface area contributed by atoms with E-state index in [0.717, 1.165) is 25.9 Å². The zero-order valence-corrected chi connectivity index (χ0v) is 11.6. The summed E-state index contributed by atoms with van der Waals surface area (Å²) in [4.78, 5) is 2.52. The van der Waals surface area contributed by atoms with Crippen LogP contribution in [0, 0.1) is 11.3 Å². The molecular weight excluding hydrogens is 234 g/mol. The molecule has 0 atom stereocenters. The molecule has 19 heavy (non-hydrogen) atoms. The Morgan fingerprint density at radius 2 is 1.84 bits per heavy atom. The van der Waals surface area contributed by atoms with Crippen LogP contribution in [0.15, 0.2) is 30.3 Å². The van der Waals surface area contributed by atoms with E-state index < -0.39 is 0 Å². The molecule has 1 aliphatic heterocycles. The van der Waals surface area contributed by atoms with Gasteiger partial charge in [0.05, 0.1) is 5.84 Å². The lowest BCUT2D eigenvalue weighted by molar-refractivity contribution is 0.205. The largest absolute Gasteiger partial charge is 0.387 e. The van der Waals surface area contributed by atoms with E-state index in [-0.39, 0.29) is 0 Å². The number of nitrogens with one attached hydrogen (secondary N) is 1. The summed E-state index contributed by atoms with van der Waals surface area (Å²) < 4.78 is 0. The van der Waals surface area contributed by atoms with Gasteiger partial charge in [0.2, 0.25) is 0 Å². The lowest BCUT2D eigenvalue weighted by Gasteiger charge is -2.31. The van der Waals surface area contributed by atoms with Crippen molar-refractivity contribution in [3.63, 3.8) is 0 Å². The van der Waals surface area contributed by atoms with E-state index in [1.807, 2.05) is 0 Å². The van der Waals surface area contributed by atoms with Gasteiger partial charge in [-0.1, -0.05) is 30.3 Å². The lowest BCUT2D eigenvalue weighted by Crippen LogP contribution is -2.38. The van der Waals surface area contributed by atoms with Crippen LogP contribution < -0.4 is 5.73 Å². The monoisotopic (exact) mass is 259 g/mol. The van der Waals surface area contributed by atoms with Crippen LogP contribution in [-0.4, -0.2) is 30.4 Å². The van der Waals surface area contributed by atoms with Gasteiger partial charge in [0.1, 0.15) is 0 Å². The Labute approximate surface area is 116 Å². The molecule has 0 saturated carbocycles. The lowest BCUT2D eigenvalue weighted by atomic mass is 9.95. The number of hydrogen-bond acceptors (Lipinski definition) is 2. The van der Waals surface area contributed by atoms with Gasteiger partial charge in [-0.3, -0.25) is 5.41 Å². The Morgan fingerprint density at radius 3 is 2.47 bits per heavy atom. The molecule has 0 spiro atoms. The maximum Gasteiger partial charge on any atom is 0.0937 e. The highest BCUT2D eigenvalue weighted by atomic mass is 15.1. The van der Waals surface area contributed by atoms with Crippen molar-refractivity contribution < 1.29 is 0 Å². The van der Waals surface area contributed by atoms with Crippen LogP contribution in [0.3, 0.4) is 0 Å². The van der Waals surface area contributed by atoms with Crippen LogP contribution in [0.2, 0.25) is 0 Å². The van der Waals surface area contributed by atoms with Gasteiger partial charge in [0, 0.05) is 5.92 Å². The summed E-state index contributed by atoms with van der Waals surface area (Å²) in [5.41, 5.74) is 7.01. The molecule has 1 heterocycles. The third-order valence-corrected chi connectivity index (χ3v) is 4.06. The maximum atomic E-state index is 7.48. The SMILES string of the molecule is N=C(N)C1CCN(CCCCc2ccccc2)CC1. The zero-order chi connectivity index (χ0) is 13.5. The van der Waals surface area contributed by atoms with Crippen LogP contribution in [-0.2, 0) is 6.42 Å². The number of nitrogens with zero attached hydrogens (tertiary/aromatic N) is 1. The standard InChI is InChI=1S/C16H25N3/c17-16(18)15-9-12-19(13-10-15)11-5-4-8-14-6-2-1-3-7-14/h1-3,6-7,15H,4-5,8-13H2,(H3,17,18). The van der Waals surface area contributed by atoms with Crippen molar-refractivity contribution >= 4 is 5.84 Å². The normalized spacial score (nSPS) is 17.5. The number of nitrogens with two attached hydrogens (primary N) is 1. The smallest absolute Gasteiger partial charge is 0.0937 e. The molecule has 3 nitrogen and oxygen atoms in total. The molecule has 2 rings (SSSR count). The Bertz CT molecular complexity index is 380. The summed E-state index contributed by atoms with van der Waals surface area (Å²) in [6.07, 6.45) is 5.84. The minimum Gasteiger partial charge on any atom is -0.387 e. The van der Waals surface area contributed by atoms with Gasteiger partial charge in [0.15, 0.2) is 0 Å². The second-order valence-electron chi connectivity index (χ2n) is 5.51. The fraction of sp³-hybridized carbons (Fsp3) is 0.562. The first kappa shape index (κ1) is 14.1. The van der Waals surface area contributed by atoms with Crippen molar-refractivity contribution in [1.29, 1.82) is 5.41 Å². The molecule has 1 fully saturated rings. The molecule has 1 aromatic rings. The predicted molar refractivity (Wildman–Crippen MR) is 80.5 cm³/mol. The van der Waals surface area contributed by atoms with E-state index in [9.17, 15) is 0 Å². The summed E-state index contributed by atoms with van der Waals surface area (Å²) in [7, 11) is 0. The second kappa shape index (κ2) is 7.29. The molecule has 0 radical (unpaired) electrons. The number of piperidine rings is 1. The van der Waals surface area contributed by atoms with E-state index in [0.29, 0.717) is 11.8 Å². The molecule has 0 aromatic heterocycles. The van der Waals surface area contributed by atoms with Crippen molar-refractivity contribution in [3.05, 3.63) is 35.9 Å². The van der Waals surface area contributed by atoms with Gasteiger partial charge in [-0.15, -0.1) is 0 Å². The van der Waals surface area contributed by atoms with Crippen LogP contribution in [0.25, 0.3) is 0 Å². The number of unbranched alkanes of at least 4 members (excludes halogenated alkanes) is 1. The summed E-state index contributed by atoms with van der Waals surface area (Å²) >= 11 is 0. The van der Waals surface area contributed by atoms with Crippen molar-refractivity contribution in [2.45, 2.75) is 32.1 Å². The molecule has 0 bridgehead atoms. The molecule has 0 amide bonds. The first-order valence-electron chi connectivity index (χ1n) is 7.36. The highest BCUT2D eigenvalue weighted by molar-refractivity contribution is 5.79. The Morgan fingerprint density at radius 1 is 1.16 bits per heavy atom. The average molecular weight is 259 g/mol. The molecular formula is C16H25N3. The van der Waals surface area contributed by atoms with E-state index in [4.69, 9.17) is 11.1 Å². The molecule has 3 heteroatoms. The molecule has 1 saturated heterocycles. The molecule has 0 aliphatic carbocycles. The highest BCUT2D eigenvalue weighted by Crippen LogP contribution is 2.17. The van der Waals surface area contributed by atoms with E-state index in [1.54, 1.807) is 0 Å². The number of benzene rings is 1. The quantitative estimate of drug-likeness (QED) is 0.469. The minimum atomic E-state index is 0.334. The first-order chi connectivity index (χ1) is 9.25. The van der Waals surface area contributed by atoms with Crippen molar-refractivity contribution in [3.8, 4) is 0 Å². The van der Waals surface area contributed by atoms with Crippen LogP contribution in [0.1, 0.15) is 31.2 Å². The topological polar surface area (TPSA) is 53.1 Å². The predicted octanol–water partition coefficient (Wildman–Crippen LogP) is 2.66. The van der Waals surface area contributed by atoms with Crippen LogP contribution in [0.5, 0.6) is 0 Å². The molecule has 3 N–H and O–H groups in total. The van der Waals surface area contributed by atoms with E-state index in [2.05, 4.69) is 35.2 Å². The number of aryl methyl sites for hydroxylation is 1. The maximum absolute atomic E-state index is 7.48. The third-order valence-electron chi connectivity index (χ3n) is 4.06. The summed E-state index contributed by atoms with van der Waals surface area (Å²) in [5, 5.41) is 7.48. The number of hydrogen-bond donors (Lipinski definition) is 2. The van der Waals surface area contributed by atoms with Gasteiger partial charge < -0.3 is 10.6 Å². The minimum absolute atomic E-state index is 0.334. The Hall–Kier alpha value is -1.35. The fourth-order valence-electron chi connectivity index (χ4n) is 2.78. The number of likely N-dealkylation sites (tertiary alicyclic amines) is 1. The van der Waals surface area contributed by atoms with Crippen molar-refractivity contribution in [2.24, 2.45) is 11.7 Å². The van der Waals surface area contributed by atoms with Gasteiger partial charge in [-0.25, -0.2) is 0 Å². The van der Waals surface area contributed by atoms with Crippen molar-refractivity contribution in [1.82, 2.24) is 4.90 Å². The highest BCUT2D eigenvalue weighted by Gasteiger charge is 2.20. The number of amidine groups is 1. The van der Waals surface area contributed by atoms with Crippen molar-refractivity contribution in [2.75, 3.05) is 19.6 Å². The van der Waals surface area contributed by atoms with Gasteiger partial charge in [-0.2, -0.15) is 0 Å². The van der Waals surface area contributed by atoms with Gasteiger partial charge in [0.25, 0.3) is 0 Å². The Kier molecular flexibility index (Phi) is 5.40. The summed E-state index contributed by atoms with van der Waals surface area (Å²) in [6.45, 7) is 3.41. The second-order valence-corrected chi connectivity index (χ2v) is 5.51. The first-order valence-corrected chi connectivity index (χ1v) is 7.36. The average Bonchev–Trinajstić information content (AvgIpc) is 2.45. The van der Waals surface area contributed by atoms with E-state index in [1.165, 1.54) is 31.4 Å². The molecule has 1 aromatic carbocycles.